The Bertz CT molecular complexity index is 258. The van der Waals surface area contributed by atoms with Crippen molar-refractivity contribution in [2.24, 2.45) is 0 Å². The van der Waals surface area contributed by atoms with Crippen molar-refractivity contribution >= 4 is 20.0 Å². The molecule has 0 aliphatic carbocycles. The number of benzene rings is 1. The molecule has 0 aliphatic rings. The van der Waals surface area contributed by atoms with Gasteiger partial charge in [0.1, 0.15) is 0 Å². The first kappa shape index (κ1) is 10.5. The van der Waals surface area contributed by atoms with Crippen LogP contribution >= 0.6 is 0 Å². The predicted molar refractivity (Wildman–Crippen MR) is 51.0 cm³/mol. The van der Waals surface area contributed by atoms with Crippen LogP contribution in [0.2, 0.25) is 0 Å². The molecule has 0 fully saturated rings. The van der Waals surface area contributed by atoms with E-state index in [1.807, 2.05) is 30.3 Å². The number of rotatable bonds is 2. The van der Waals surface area contributed by atoms with E-state index in [4.69, 9.17) is 0 Å². The molecule has 0 unspecified atom stereocenters. The molecule has 0 aliphatic heterocycles. The predicted octanol–water partition coefficient (Wildman–Crippen LogP) is 1.43. The van der Waals surface area contributed by atoms with Gasteiger partial charge in [0, 0.05) is 14.1 Å². The highest BCUT2D eigenvalue weighted by Crippen LogP contribution is 2.03. The summed E-state index contributed by atoms with van der Waals surface area (Å²) in [5.41, 5.74) is 0.789. The third-order valence-corrected chi connectivity index (χ3v) is 1.23. The molecule has 0 spiro atoms. The van der Waals surface area contributed by atoms with Crippen LogP contribution in [0, 0.1) is 0 Å². The Morgan fingerprint density at radius 1 is 1.33 bits per heavy atom. The highest BCUT2D eigenvalue weighted by molar-refractivity contribution is 5.98. The minimum absolute atomic E-state index is 0. The van der Waals surface area contributed by atoms with Gasteiger partial charge in [0.25, 0.3) is 0 Å². The topological polar surface area (TPSA) is 29.1 Å². The second-order valence-electron chi connectivity index (χ2n) is 2.06. The SMILES string of the molecule is C=CC(=O)Nc1ccccc1.[B]. The number of hydrogen-bond donors (Lipinski definition) is 1. The zero-order chi connectivity index (χ0) is 8.10. The lowest BCUT2D eigenvalue weighted by atomic mass is 10.3. The van der Waals surface area contributed by atoms with Crippen LogP contribution < -0.4 is 5.32 Å². The zero-order valence-corrected chi connectivity index (χ0v) is 6.66. The van der Waals surface area contributed by atoms with Crippen LogP contribution in [-0.4, -0.2) is 14.3 Å². The van der Waals surface area contributed by atoms with Crippen LogP contribution in [0.3, 0.4) is 0 Å². The van der Waals surface area contributed by atoms with E-state index in [0.29, 0.717) is 0 Å². The number of nitrogens with one attached hydrogen (secondary N) is 1. The molecule has 3 heteroatoms. The first-order valence-electron chi connectivity index (χ1n) is 3.31. The fourth-order valence-corrected chi connectivity index (χ4v) is 0.715. The van der Waals surface area contributed by atoms with Crippen molar-refractivity contribution in [1.29, 1.82) is 0 Å². The van der Waals surface area contributed by atoms with E-state index < -0.39 is 0 Å². The fourth-order valence-electron chi connectivity index (χ4n) is 0.715. The Morgan fingerprint density at radius 3 is 2.42 bits per heavy atom. The van der Waals surface area contributed by atoms with Crippen molar-refractivity contribution in [2.75, 3.05) is 5.32 Å². The van der Waals surface area contributed by atoms with Gasteiger partial charge < -0.3 is 5.32 Å². The van der Waals surface area contributed by atoms with Crippen molar-refractivity contribution in [3.8, 4) is 0 Å². The smallest absolute Gasteiger partial charge is 0.247 e. The molecule has 1 N–H and O–H groups in total. The first-order chi connectivity index (χ1) is 5.33. The minimum Gasteiger partial charge on any atom is -0.323 e. The van der Waals surface area contributed by atoms with E-state index in [2.05, 4.69) is 11.9 Å². The third-order valence-electron chi connectivity index (χ3n) is 1.23. The molecule has 0 heterocycles. The molecule has 1 aromatic rings. The van der Waals surface area contributed by atoms with Crippen molar-refractivity contribution < 1.29 is 4.79 Å². The summed E-state index contributed by atoms with van der Waals surface area (Å²) in [5.74, 6) is -0.184. The maximum atomic E-state index is 10.8. The van der Waals surface area contributed by atoms with E-state index >= 15 is 0 Å². The highest BCUT2D eigenvalue weighted by Gasteiger charge is 1.92. The largest absolute Gasteiger partial charge is 0.323 e. The number of anilines is 1. The number of amides is 1. The van der Waals surface area contributed by atoms with Crippen molar-refractivity contribution in [3.63, 3.8) is 0 Å². The van der Waals surface area contributed by atoms with Crippen LogP contribution in [0.5, 0.6) is 0 Å². The molecule has 0 bridgehead atoms. The molecule has 12 heavy (non-hydrogen) atoms. The van der Waals surface area contributed by atoms with Gasteiger partial charge in [0.05, 0.1) is 0 Å². The Labute approximate surface area is 73.9 Å². The summed E-state index contributed by atoms with van der Waals surface area (Å²) in [6.07, 6.45) is 1.24. The average Bonchev–Trinajstić information content (AvgIpc) is 2.06. The van der Waals surface area contributed by atoms with Gasteiger partial charge >= 0.3 is 0 Å². The van der Waals surface area contributed by atoms with Crippen LogP contribution in [0.15, 0.2) is 43.0 Å². The lowest BCUT2D eigenvalue weighted by Gasteiger charge is -1.98. The van der Waals surface area contributed by atoms with Crippen molar-refractivity contribution in [2.45, 2.75) is 0 Å². The lowest BCUT2D eigenvalue weighted by molar-refractivity contribution is -0.111. The molecule has 1 rings (SSSR count). The highest BCUT2D eigenvalue weighted by atomic mass is 16.1. The molecular formula is C9H9BNO. The normalized spacial score (nSPS) is 8.00. The van der Waals surface area contributed by atoms with E-state index in [-0.39, 0.29) is 14.3 Å². The summed E-state index contributed by atoms with van der Waals surface area (Å²) in [7, 11) is 0. The quantitative estimate of drug-likeness (QED) is 0.511. The van der Waals surface area contributed by atoms with Gasteiger partial charge in [0.2, 0.25) is 5.91 Å². The molecule has 0 atom stereocenters. The summed E-state index contributed by atoms with van der Waals surface area (Å²) >= 11 is 0. The second kappa shape index (κ2) is 5.19. The summed E-state index contributed by atoms with van der Waals surface area (Å²) < 4.78 is 0. The number of para-hydroxylation sites is 1. The van der Waals surface area contributed by atoms with Crippen LogP contribution in [0.25, 0.3) is 0 Å². The maximum absolute atomic E-state index is 10.8. The lowest BCUT2D eigenvalue weighted by Crippen LogP contribution is -2.06. The number of carbonyl (C=O) groups excluding carboxylic acids is 1. The number of hydrogen-bond acceptors (Lipinski definition) is 1. The molecular weight excluding hydrogens is 149 g/mol. The molecule has 3 radical (unpaired) electrons. The molecule has 0 saturated heterocycles. The molecule has 1 aromatic carbocycles. The van der Waals surface area contributed by atoms with E-state index in [9.17, 15) is 4.79 Å². The Balaban J connectivity index is 0.00000121. The Morgan fingerprint density at radius 2 is 1.92 bits per heavy atom. The molecule has 2 nitrogen and oxygen atoms in total. The van der Waals surface area contributed by atoms with Gasteiger partial charge in [-0.3, -0.25) is 4.79 Å². The second-order valence-corrected chi connectivity index (χ2v) is 2.06. The summed E-state index contributed by atoms with van der Waals surface area (Å²) in [4.78, 5) is 10.8. The first-order valence-corrected chi connectivity index (χ1v) is 3.31. The molecule has 1 amide bonds. The average molecular weight is 158 g/mol. The summed E-state index contributed by atoms with van der Waals surface area (Å²) in [6.45, 7) is 3.34. The van der Waals surface area contributed by atoms with Gasteiger partial charge in [-0.15, -0.1) is 0 Å². The fraction of sp³-hybridized carbons (Fsp3) is 0. The molecule has 59 valence electrons. The van der Waals surface area contributed by atoms with Crippen LogP contribution in [0.1, 0.15) is 0 Å². The van der Waals surface area contributed by atoms with Gasteiger partial charge in [-0.25, -0.2) is 0 Å². The Kier molecular flexibility index (Phi) is 4.54. The van der Waals surface area contributed by atoms with Crippen LogP contribution in [-0.2, 0) is 4.79 Å². The van der Waals surface area contributed by atoms with Gasteiger partial charge in [0.15, 0.2) is 0 Å². The van der Waals surface area contributed by atoms with Gasteiger partial charge in [-0.2, -0.15) is 0 Å². The van der Waals surface area contributed by atoms with Crippen molar-refractivity contribution in [3.05, 3.63) is 43.0 Å². The molecule has 0 saturated carbocycles. The Hall–Kier alpha value is -1.51. The minimum atomic E-state index is -0.184. The van der Waals surface area contributed by atoms with E-state index in [1.54, 1.807) is 0 Å². The van der Waals surface area contributed by atoms with Gasteiger partial charge in [-0.05, 0) is 18.2 Å². The number of carbonyl (C=O) groups is 1. The van der Waals surface area contributed by atoms with Crippen LogP contribution in [0.4, 0.5) is 5.69 Å². The molecule has 0 aromatic heterocycles. The summed E-state index contributed by atoms with van der Waals surface area (Å²) in [5, 5.41) is 2.63. The third kappa shape index (κ3) is 3.06. The summed E-state index contributed by atoms with van der Waals surface area (Å²) in [6, 6.07) is 9.25. The van der Waals surface area contributed by atoms with Gasteiger partial charge in [-0.1, -0.05) is 24.8 Å². The van der Waals surface area contributed by atoms with E-state index in [1.165, 1.54) is 6.08 Å². The maximum Gasteiger partial charge on any atom is 0.247 e. The van der Waals surface area contributed by atoms with E-state index in [0.717, 1.165) is 5.69 Å². The van der Waals surface area contributed by atoms with Crippen molar-refractivity contribution in [1.82, 2.24) is 0 Å². The zero-order valence-electron chi connectivity index (χ0n) is 6.66. The standard InChI is InChI=1S/C9H9NO.B/c1-2-9(11)10-8-6-4-3-5-7-8;/h2-7H,1H2,(H,10,11);. The monoisotopic (exact) mass is 158 g/mol.